The van der Waals surface area contributed by atoms with E-state index in [1.54, 1.807) is 12.2 Å². The average Bonchev–Trinajstić information content (AvgIpc) is 3.02. The second kappa shape index (κ2) is 9.78. The van der Waals surface area contributed by atoms with Crippen LogP contribution in [0.3, 0.4) is 0 Å². The minimum atomic E-state index is -1.16. The first kappa shape index (κ1) is 27.2. The van der Waals surface area contributed by atoms with Gasteiger partial charge in [-0.2, -0.15) is 0 Å². The number of hydrogen-bond acceptors (Lipinski definition) is 7. The normalized spacial score (nSPS) is 39.2. The van der Waals surface area contributed by atoms with Gasteiger partial charge in [0, 0.05) is 17.3 Å². The van der Waals surface area contributed by atoms with Crippen LogP contribution in [0.25, 0.3) is 0 Å². The van der Waals surface area contributed by atoms with Crippen LogP contribution in [0.4, 0.5) is 0 Å². The number of fused-ring (bicyclic) bond motifs is 5. The van der Waals surface area contributed by atoms with Gasteiger partial charge in [-0.1, -0.05) is 44.2 Å². The van der Waals surface area contributed by atoms with Crippen molar-refractivity contribution in [2.75, 3.05) is 5.75 Å². The van der Waals surface area contributed by atoms with E-state index < -0.39 is 17.7 Å². The molecule has 6 nitrogen and oxygen atoms in total. The molecule has 0 bridgehead atoms. The third kappa shape index (κ3) is 4.97. The van der Waals surface area contributed by atoms with Gasteiger partial charge in [0.25, 0.3) is 0 Å². The molecule has 8 atom stereocenters. The largest absolute Gasteiger partial charge is 0.393 e. The SMILES string of the molecule is C[C@@H]1CC2C3CCC4=CC(=O)C=CC4(C)C3C(O)CC2(C)C1C(=O)SCC#COC(=O)CC(C)(C)O. The van der Waals surface area contributed by atoms with Crippen molar-refractivity contribution in [3.05, 3.63) is 23.8 Å². The molecule has 3 fully saturated rings. The van der Waals surface area contributed by atoms with E-state index in [1.165, 1.54) is 13.8 Å². The highest BCUT2D eigenvalue weighted by Crippen LogP contribution is 2.67. The molecule has 0 radical (unpaired) electrons. The Morgan fingerprint density at radius 1 is 1.31 bits per heavy atom. The molecular formula is C29H38O6S. The van der Waals surface area contributed by atoms with Crippen molar-refractivity contribution in [1.82, 2.24) is 0 Å². The number of allylic oxidation sites excluding steroid dienone is 4. The van der Waals surface area contributed by atoms with E-state index in [4.69, 9.17) is 4.74 Å². The van der Waals surface area contributed by atoms with Crippen LogP contribution in [0, 0.1) is 52.4 Å². The van der Waals surface area contributed by atoms with E-state index in [-0.39, 0.29) is 51.7 Å². The van der Waals surface area contributed by atoms with Crippen molar-refractivity contribution >= 4 is 28.6 Å². The molecule has 36 heavy (non-hydrogen) atoms. The van der Waals surface area contributed by atoms with Crippen molar-refractivity contribution in [2.24, 2.45) is 40.4 Å². The fourth-order valence-electron chi connectivity index (χ4n) is 7.90. The van der Waals surface area contributed by atoms with Gasteiger partial charge in [-0.3, -0.25) is 14.4 Å². The average molecular weight is 515 g/mol. The summed E-state index contributed by atoms with van der Waals surface area (Å²) in [7, 11) is 0. The lowest BCUT2D eigenvalue weighted by molar-refractivity contribution is -0.141. The molecule has 4 aliphatic carbocycles. The number of rotatable bonds is 4. The van der Waals surface area contributed by atoms with Gasteiger partial charge in [-0.15, -0.1) is 0 Å². The fraction of sp³-hybridized carbons (Fsp3) is 0.690. The van der Waals surface area contributed by atoms with E-state index in [0.717, 1.165) is 36.6 Å². The van der Waals surface area contributed by atoms with Crippen LogP contribution in [0.2, 0.25) is 0 Å². The van der Waals surface area contributed by atoms with Crippen molar-refractivity contribution in [2.45, 2.75) is 78.4 Å². The van der Waals surface area contributed by atoms with Gasteiger partial charge in [0.1, 0.15) is 6.11 Å². The van der Waals surface area contributed by atoms with E-state index >= 15 is 0 Å². The van der Waals surface area contributed by atoms with Crippen molar-refractivity contribution < 1.29 is 29.3 Å². The zero-order chi connectivity index (χ0) is 26.5. The molecule has 7 unspecified atom stereocenters. The lowest BCUT2D eigenvalue weighted by Gasteiger charge is -2.58. The van der Waals surface area contributed by atoms with E-state index in [9.17, 15) is 24.6 Å². The summed E-state index contributed by atoms with van der Waals surface area (Å²) in [6.07, 6.45) is 10.4. The van der Waals surface area contributed by atoms with E-state index in [1.807, 2.05) is 6.08 Å². The van der Waals surface area contributed by atoms with Crippen LogP contribution in [0.5, 0.6) is 0 Å². The number of hydrogen-bond donors (Lipinski definition) is 2. The second-order valence-corrected chi connectivity index (χ2v) is 13.3. The van der Waals surface area contributed by atoms with Crippen LogP contribution in [0.1, 0.15) is 66.7 Å². The van der Waals surface area contributed by atoms with Crippen molar-refractivity contribution in [3.8, 4) is 12.0 Å². The van der Waals surface area contributed by atoms with Gasteiger partial charge in [-0.25, -0.2) is 0 Å². The third-order valence-corrected chi connectivity index (χ3v) is 10.0. The smallest absolute Gasteiger partial charge is 0.322 e. The predicted molar refractivity (Wildman–Crippen MR) is 138 cm³/mol. The first-order valence-electron chi connectivity index (χ1n) is 12.9. The molecule has 4 rings (SSSR count). The molecule has 196 valence electrons. The highest BCUT2D eigenvalue weighted by atomic mass is 32.2. The zero-order valence-electron chi connectivity index (χ0n) is 21.9. The molecule has 0 aromatic heterocycles. The molecule has 2 N–H and O–H groups in total. The number of thioether (sulfide) groups is 1. The van der Waals surface area contributed by atoms with Gasteiger partial charge in [-0.05, 0) is 80.8 Å². The Bertz CT molecular complexity index is 1060. The Morgan fingerprint density at radius 3 is 2.72 bits per heavy atom. The summed E-state index contributed by atoms with van der Waals surface area (Å²) in [4.78, 5) is 37.1. The van der Waals surface area contributed by atoms with Crippen molar-refractivity contribution in [3.63, 3.8) is 0 Å². The highest BCUT2D eigenvalue weighted by molar-refractivity contribution is 8.13. The number of aliphatic hydroxyl groups is 2. The summed E-state index contributed by atoms with van der Waals surface area (Å²) < 4.78 is 4.84. The summed E-state index contributed by atoms with van der Waals surface area (Å²) in [5.74, 6) is 3.11. The van der Waals surface area contributed by atoms with E-state index in [0.29, 0.717) is 18.3 Å². The van der Waals surface area contributed by atoms with Crippen LogP contribution in [-0.4, -0.2) is 44.5 Å². The Balaban J connectivity index is 1.44. The van der Waals surface area contributed by atoms with Gasteiger partial charge in [0.2, 0.25) is 0 Å². The summed E-state index contributed by atoms with van der Waals surface area (Å²) in [6, 6.07) is 0. The maximum atomic E-state index is 13.4. The topological polar surface area (TPSA) is 101 Å². The Labute approximate surface area is 218 Å². The highest BCUT2D eigenvalue weighted by Gasteiger charge is 2.64. The fourth-order valence-corrected chi connectivity index (χ4v) is 8.86. The number of carbonyl (C=O) groups is 3. The quantitative estimate of drug-likeness (QED) is 0.431. The molecular weight excluding hydrogens is 476 g/mol. The van der Waals surface area contributed by atoms with Crippen LogP contribution < -0.4 is 0 Å². The molecule has 0 aromatic rings. The standard InChI is InChI=1S/C29H38O6S/c1-17-13-21-20-8-7-18-14-19(30)9-10-28(18,4)25(20)22(31)15-29(21,5)24(17)26(33)36-12-6-11-35-23(32)16-27(2,3)34/h9-10,14,17,20-22,24-25,31,34H,7-8,12-13,15-16H2,1-5H3/t17-,20?,21?,22?,24?,25?,28?,29?/m1/s1. The summed E-state index contributed by atoms with van der Waals surface area (Å²) in [5, 5.41) is 21.2. The van der Waals surface area contributed by atoms with Crippen LogP contribution in [0.15, 0.2) is 23.8 Å². The molecule has 0 amide bonds. The summed E-state index contributed by atoms with van der Waals surface area (Å²) in [6.45, 7) is 9.53. The Morgan fingerprint density at radius 2 is 2.03 bits per heavy atom. The van der Waals surface area contributed by atoms with Gasteiger partial charge in [0.15, 0.2) is 10.9 Å². The van der Waals surface area contributed by atoms with Crippen molar-refractivity contribution in [1.29, 1.82) is 0 Å². The number of aliphatic hydroxyl groups excluding tert-OH is 1. The van der Waals surface area contributed by atoms with E-state index in [2.05, 4.69) is 32.8 Å². The first-order chi connectivity index (χ1) is 16.8. The monoisotopic (exact) mass is 514 g/mol. The lowest BCUT2D eigenvalue weighted by Crippen LogP contribution is -2.56. The maximum absolute atomic E-state index is 13.4. The second-order valence-electron chi connectivity index (χ2n) is 12.3. The number of carbonyl (C=O) groups excluding carboxylic acids is 3. The number of ether oxygens (including phenoxy) is 1. The number of ketones is 1. The molecule has 0 heterocycles. The molecule has 7 heteroatoms. The molecule has 0 spiro atoms. The maximum Gasteiger partial charge on any atom is 0.322 e. The van der Waals surface area contributed by atoms with Crippen LogP contribution in [-0.2, 0) is 19.1 Å². The molecule has 3 saturated carbocycles. The van der Waals surface area contributed by atoms with Gasteiger partial charge < -0.3 is 14.9 Å². The third-order valence-electron chi connectivity index (χ3n) is 9.19. The van der Waals surface area contributed by atoms with Crippen LogP contribution >= 0.6 is 11.8 Å². The lowest BCUT2D eigenvalue weighted by atomic mass is 9.47. The minimum Gasteiger partial charge on any atom is -0.393 e. The molecule has 0 aliphatic heterocycles. The molecule has 4 aliphatic rings. The predicted octanol–water partition coefficient (Wildman–Crippen LogP) is 4.05. The molecule has 0 saturated heterocycles. The summed E-state index contributed by atoms with van der Waals surface area (Å²) in [5.41, 5.74) is -0.621. The number of esters is 1. The van der Waals surface area contributed by atoms with Gasteiger partial charge in [0.05, 0.1) is 23.9 Å². The Hall–Kier alpha value is -1.88. The Kier molecular flexibility index (Phi) is 7.38. The zero-order valence-corrected chi connectivity index (χ0v) is 22.7. The minimum absolute atomic E-state index is 0.0309. The molecule has 0 aromatic carbocycles. The summed E-state index contributed by atoms with van der Waals surface area (Å²) >= 11 is 1.15. The van der Waals surface area contributed by atoms with Gasteiger partial charge >= 0.3 is 5.97 Å². The first-order valence-corrected chi connectivity index (χ1v) is 13.9.